The summed E-state index contributed by atoms with van der Waals surface area (Å²) in [6, 6.07) is 4.01. The first-order valence-corrected chi connectivity index (χ1v) is 6.29. The van der Waals surface area contributed by atoms with Crippen molar-refractivity contribution in [3.8, 4) is 0 Å². The fraction of sp³-hybridized carbons (Fsp3) is 0.643. The van der Waals surface area contributed by atoms with Crippen molar-refractivity contribution in [2.75, 3.05) is 0 Å². The van der Waals surface area contributed by atoms with Gasteiger partial charge in [-0.1, -0.05) is 31.7 Å². The predicted molar refractivity (Wildman–Crippen MR) is 65.2 cm³/mol. The minimum absolute atomic E-state index is 0.323. The standard InChI is InChI=1S/C14H21NO/c1-10-7-8-13(11(2)15-10)14(16)9-12-5-3-4-6-12/h7-8,12,14,16H,3-6,9H2,1-2H3. The minimum Gasteiger partial charge on any atom is -0.388 e. The van der Waals surface area contributed by atoms with E-state index in [1.807, 2.05) is 26.0 Å². The first-order chi connectivity index (χ1) is 7.66. The quantitative estimate of drug-likeness (QED) is 0.846. The van der Waals surface area contributed by atoms with Crippen LogP contribution in [0.15, 0.2) is 12.1 Å². The first kappa shape index (κ1) is 11.6. The number of rotatable bonds is 3. The molecular formula is C14H21NO. The van der Waals surface area contributed by atoms with Crippen molar-refractivity contribution in [1.29, 1.82) is 0 Å². The Morgan fingerprint density at radius 2 is 2.00 bits per heavy atom. The van der Waals surface area contributed by atoms with Crippen molar-refractivity contribution in [1.82, 2.24) is 4.98 Å². The zero-order valence-corrected chi connectivity index (χ0v) is 10.2. The Morgan fingerprint density at radius 1 is 1.31 bits per heavy atom. The van der Waals surface area contributed by atoms with E-state index in [1.165, 1.54) is 25.7 Å². The van der Waals surface area contributed by atoms with Crippen LogP contribution in [0.4, 0.5) is 0 Å². The van der Waals surface area contributed by atoms with Crippen LogP contribution in [0.1, 0.15) is 55.2 Å². The van der Waals surface area contributed by atoms with Gasteiger partial charge in [-0.15, -0.1) is 0 Å². The Balaban J connectivity index is 2.04. The van der Waals surface area contributed by atoms with E-state index < -0.39 is 0 Å². The molecule has 0 bridgehead atoms. The summed E-state index contributed by atoms with van der Waals surface area (Å²) in [5.41, 5.74) is 3.01. The molecule has 1 aliphatic rings. The Labute approximate surface area is 97.7 Å². The van der Waals surface area contributed by atoms with Gasteiger partial charge in [0.1, 0.15) is 0 Å². The van der Waals surface area contributed by atoms with Gasteiger partial charge in [-0.3, -0.25) is 4.98 Å². The van der Waals surface area contributed by atoms with Gasteiger partial charge in [-0.2, -0.15) is 0 Å². The third kappa shape index (κ3) is 2.62. The molecule has 1 saturated carbocycles. The summed E-state index contributed by atoms with van der Waals surface area (Å²) in [4.78, 5) is 4.41. The third-order valence-electron chi connectivity index (χ3n) is 3.66. The van der Waals surface area contributed by atoms with Gasteiger partial charge in [0.15, 0.2) is 0 Å². The average molecular weight is 219 g/mol. The number of pyridine rings is 1. The average Bonchev–Trinajstić information content (AvgIpc) is 2.70. The summed E-state index contributed by atoms with van der Waals surface area (Å²) in [6.45, 7) is 3.97. The Hall–Kier alpha value is -0.890. The molecule has 0 spiro atoms. The smallest absolute Gasteiger partial charge is 0.0810 e. The molecule has 2 rings (SSSR count). The summed E-state index contributed by atoms with van der Waals surface area (Å²) in [6.07, 6.45) is 5.83. The van der Waals surface area contributed by atoms with Crippen LogP contribution in [-0.2, 0) is 0 Å². The number of aromatic nitrogens is 1. The zero-order valence-electron chi connectivity index (χ0n) is 10.2. The predicted octanol–water partition coefficient (Wildman–Crippen LogP) is 3.31. The van der Waals surface area contributed by atoms with Crippen molar-refractivity contribution in [3.63, 3.8) is 0 Å². The number of hydrogen-bond donors (Lipinski definition) is 1. The van der Waals surface area contributed by atoms with E-state index >= 15 is 0 Å². The molecule has 16 heavy (non-hydrogen) atoms. The highest BCUT2D eigenvalue weighted by Gasteiger charge is 2.20. The van der Waals surface area contributed by atoms with Gasteiger partial charge >= 0.3 is 0 Å². The van der Waals surface area contributed by atoms with Gasteiger partial charge in [-0.25, -0.2) is 0 Å². The van der Waals surface area contributed by atoms with Gasteiger partial charge in [-0.05, 0) is 32.3 Å². The monoisotopic (exact) mass is 219 g/mol. The lowest BCUT2D eigenvalue weighted by Crippen LogP contribution is -2.07. The van der Waals surface area contributed by atoms with Crippen molar-refractivity contribution in [2.24, 2.45) is 5.92 Å². The van der Waals surface area contributed by atoms with Crippen molar-refractivity contribution < 1.29 is 5.11 Å². The number of nitrogens with zero attached hydrogens (tertiary/aromatic N) is 1. The van der Waals surface area contributed by atoms with Crippen LogP contribution in [0.5, 0.6) is 0 Å². The Kier molecular flexibility index (Phi) is 3.59. The van der Waals surface area contributed by atoms with Crippen LogP contribution in [0, 0.1) is 19.8 Å². The van der Waals surface area contributed by atoms with Crippen LogP contribution in [0.25, 0.3) is 0 Å². The molecule has 1 heterocycles. The molecule has 2 nitrogen and oxygen atoms in total. The first-order valence-electron chi connectivity index (χ1n) is 6.29. The fourth-order valence-electron chi connectivity index (χ4n) is 2.74. The number of aryl methyl sites for hydroxylation is 2. The molecule has 1 aromatic heterocycles. The summed E-state index contributed by atoms with van der Waals surface area (Å²) < 4.78 is 0. The van der Waals surface area contributed by atoms with E-state index in [9.17, 15) is 5.11 Å². The minimum atomic E-state index is -0.323. The zero-order chi connectivity index (χ0) is 11.5. The lowest BCUT2D eigenvalue weighted by Gasteiger charge is -2.17. The molecule has 1 fully saturated rings. The maximum absolute atomic E-state index is 10.2. The lowest BCUT2D eigenvalue weighted by molar-refractivity contribution is 0.144. The van der Waals surface area contributed by atoms with E-state index in [1.54, 1.807) is 0 Å². The maximum atomic E-state index is 10.2. The Bertz CT molecular complexity index is 356. The van der Waals surface area contributed by atoms with E-state index in [0.29, 0.717) is 0 Å². The van der Waals surface area contributed by atoms with Crippen LogP contribution in [0.2, 0.25) is 0 Å². The van der Waals surface area contributed by atoms with Gasteiger partial charge in [0.2, 0.25) is 0 Å². The molecule has 88 valence electrons. The molecule has 0 radical (unpaired) electrons. The molecule has 1 atom stereocenters. The molecule has 1 unspecified atom stereocenters. The van der Waals surface area contributed by atoms with E-state index in [2.05, 4.69) is 4.98 Å². The van der Waals surface area contributed by atoms with Gasteiger partial charge in [0.05, 0.1) is 6.10 Å². The third-order valence-corrected chi connectivity index (χ3v) is 3.66. The van der Waals surface area contributed by atoms with Crippen LogP contribution >= 0.6 is 0 Å². The van der Waals surface area contributed by atoms with Crippen LogP contribution < -0.4 is 0 Å². The summed E-state index contributed by atoms with van der Waals surface area (Å²) in [5, 5.41) is 10.2. The Morgan fingerprint density at radius 3 is 2.62 bits per heavy atom. The largest absolute Gasteiger partial charge is 0.388 e. The normalized spacial score (nSPS) is 18.9. The molecule has 0 saturated heterocycles. The highest BCUT2D eigenvalue weighted by Crippen LogP contribution is 2.33. The van der Waals surface area contributed by atoms with Crippen LogP contribution in [-0.4, -0.2) is 10.1 Å². The molecule has 1 N–H and O–H groups in total. The molecule has 1 aliphatic carbocycles. The second-order valence-corrected chi connectivity index (χ2v) is 5.03. The van der Waals surface area contributed by atoms with E-state index in [4.69, 9.17) is 0 Å². The van der Waals surface area contributed by atoms with Gasteiger partial charge in [0.25, 0.3) is 0 Å². The van der Waals surface area contributed by atoms with Gasteiger partial charge in [0, 0.05) is 17.0 Å². The number of aliphatic hydroxyl groups excluding tert-OH is 1. The molecule has 2 heteroatoms. The van der Waals surface area contributed by atoms with Crippen molar-refractivity contribution in [3.05, 3.63) is 29.1 Å². The molecule has 0 aliphatic heterocycles. The second kappa shape index (κ2) is 4.96. The van der Waals surface area contributed by atoms with Crippen molar-refractivity contribution in [2.45, 2.75) is 52.1 Å². The number of hydrogen-bond acceptors (Lipinski definition) is 2. The topological polar surface area (TPSA) is 33.1 Å². The van der Waals surface area contributed by atoms with E-state index in [0.717, 1.165) is 29.3 Å². The van der Waals surface area contributed by atoms with E-state index in [-0.39, 0.29) is 6.10 Å². The molecular weight excluding hydrogens is 198 g/mol. The highest BCUT2D eigenvalue weighted by atomic mass is 16.3. The molecule has 0 amide bonds. The molecule has 0 aromatic carbocycles. The molecule has 1 aromatic rings. The highest BCUT2D eigenvalue weighted by molar-refractivity contribution is 5.23. The summed E-state index contributed by atoms with van der Waals surface area (Å²) >= 11 is 0. The van der Waals surface area contributed by atoms with Gasteiger partial charge < -0.3 is 5.11 Å². The maximum Gasteiger partial charge on any atom is 0.0810 e. The van der Waals surface area contributed by atoms with Crippen LogP contribution in [0.3, 0.4) is 0 Å². The van der Waals surface area contributed by atoms with Crippen molar-refractivity contribution >= 4 is 0 Å². The summed E-state index contributed by atoms with van der Waals surface area (Å²) in [5.74, 6) is 0.718. The second-order valence-electron chi connectivity index (χ2n) is 5.03. The lowest BCUT2D eigenvalue weighted by atomic mass is 9.95. The summed E-state index contributed by atoms with van der Waals surface area (Å²) in [7, 11) is 0. The fourth-order valence-corrected chi connectivity index (χ4v) is 2.74. The number of aliphatic hydroxyl groups is 1. The SMILES string of the molecule is Cc1ccc(C(O)CC2CCCC2)c(C)n1.